The summed E-state index contributed by atoms with van der Waals surface area (Å²) in [6, 6.07) is 2.19. The highest BCUT2D eigenvalue weighted by Gasteiger charge is 2.32. The summed E-state index contributed by atoms with van der Waals surface area (Å²) in [6.07, 6.45) is 0. The molecule has 0 atom stereocenters. The molecule has 0 radical (unpaired) electrons. The average Bonchev–Trinajstić information content (AvgIpc) is 2.32. The second kappa shape index (κ2) is 3.76. The van der Waals surface area contributed by atoms with E-state index < -0.39 is 33.0 Å². The molecule has 92 valence electrons. The molecule has 0 aliphatic heterocycles. The monoisotopic (exact) mass is 252 g/mol. The van der Waals surface area contributed by atoms with Gasteiger partial charge in [-0.05, 0) is 31.9 Å². The Kier molecular flexibility index (Phi) is 2.39. The molecule has 1 aromatic carbocycles. The molecule has 2 rings (SSSR count). The summed E-state index contributed by atoms with van der Waals surface area (Å²) in [5.74, 6) is -3.41. The lowest BCUT2D eigenvalue weighted by molar-refractivity contribution is -0.428. The van der Waals surface area contributed by atoms with E-state index in [-0.39, 0.29) is 11.0 Å². The molecule has 0 saturated heterocycles. The van der Waals surface area contributed by atoms with Gasteiger partial charge in [0.05, 0.1) is 0 Å². The Labute approximate surface area is 97.4 Å². The SMILES string of the molecule is O=[N+]([O-])c1nc2ccc(O)c(O)c2nc1[N+](=O)[O-]. The van der Waals surface area contributed by atoms with Crippen LogP contribution in [0.2, 0.25) is 0 Å². The Hall–Kier alpha value is -3.04. The number of benzene rings is 1. The Morgan fingerprint density at radius 3 is 2.11 bits per heavy atom. The summed E-state index contributed by atoms with van der Waals surface area (Å²) >= 11 is 0. The fraction of sp³-hybridized carbons (Fsp3) is 0. The van der Waals surface area contributed by atoms with Gasteiger partial charge in [0.15, 0.2) is 5.75 Å². The third-order valence-corrected chi connectivity index (χ3v) is 2.10. The predicted octanol–water partition coefficient (Wildman–Crippen LogP) is 0.857. The largest absolute Gasteiger partial charge is 0.504 e. The molecule has 10 nitrogen and oxygen atoms in total. The minimum absolute atomic E-state index is 0.136. The normalized spacial score (nSPS) is 10.4. The summed E-state index contributed by atoms with van der Waals surface area (Å²) in [7, 11) is 0. The van der Waals surface area contributed by atoms with Crippen molar-refractivity contribution < 1.29 is 20.1 Å². The van der Waals surface area contributed by atoms with Crippen LogP contribution in [0.4, 0.5) is 11.6 Å². The lowest BCUT2D eigenvalue weighted by Gasteiger charge is -1.98. The zero-order valence-electron chi connectivity index (χ0n) is 8.47. The van der Waals surface area contributed by atoms with Crippen LogP contribution in [0, 0.1) is 20.2 Å². The molecule has 0 unspecified atom stereocenters. The molecular formula is C8H4N4O6. The summed E-state index contributed by atoms with van der Waals surface area (Å²) < 4.78 is 0. The van der Waals surface area contributed by atoms with Crippen LogP contribution in [0.3, 0.4) is 0 Å². The van der Waals surface area contributed by atoms with Crippen LogP contribution in [0.1, 0.15) is 0 Å². The summed E-state index contributed by atoms with van der Waals surface area (Å²) in [6.45, 7) is 0. The Balaban J connectivity index is 2.89. The van der Waals surface area contributed by atoms with Crippen molar-refractivity contribution in [3.05, 3.63) is 32.4 Å². The first-order valence-electron chi connectivity index (χ1n) is 4.43. The molecule has 2 aromatic rings. The third-order valence-electron chi connectivity index (χ3n) is 2.10. The van der Waals surface area contributed by atoms with Crippen molar-refractivity contribution in [3.63, 3.8) is 0 Å². The second-order valence-corrected chi connectivity index (χ2v) is 3.19. The smallest absolute Gasteiger partial charge is 0.463 e. The van der Waals surface area contributed by atoms with E-state index in [9.17, 15) is 30.4 Å². The number of rotatable bonds is 2. The van der Waals surface area contributed by atoms with Gasteiger partial charge >= 0.3 is 11.6 Å². The number of hydrogen-bond acceptors (Lipinski definition) is 8. The van der Waals surface area contributed by atoms with E-state index in [0.717, 1.165) is 12.1 Å². The maximum Gasteiger partial charge on any atom is 0.463 e. The van der Waals surface area contributed by atoms with Gasteiger partial charge < -0.3 is 30.4 Å². The molecular weight excluding hydrogens is 248 g/mol. The maximum atomic E-state index is 10.6. The van der Waals surface area contributed by atoms with Crippen LogP contribution in [-0.4, -0.2) is 30.0 Å². The molecule has 1 aromatic heterocycles. The topological polar surface area (TPSA) is 153 Å². The highest BCUT2D eigenvalue weighted by molar-refractivity contribution is 5.85. The van der Waals surface area contributed by atoms with Crippen molar-refractivity contribution >= 4 is 22.7 Å². The van der Waals surface area contributed by atoms with Crippen LogP contribution < -0.4 is 0 Å². The minimum Gasteiger partial charge on any atom is -0.504 e. The lowest BCUT2D eigenvalue weighted by Crippen LogP contribution is -2.02. The van der Waals surface area contributed by atoms with Gasteiger partial charge in [0.25, 0.3) is 5.52 Å². The Bertz CT molecular complexity index is 685. The van der Waals surface area contributed by atoms with Crippen molar-refractivity contribution in [1.82, 2.24) is 9.97 Å². The molecule has 0 amide bonds. The number of aromatic hydroxyl groups is 2. The zero-order chi connectivity index (χ0) is 13.4. The molecule has 0 aliphatic carbocycles. The predicted molar refractivity (Wildman–Crippen MR) is 56.2 cm³/mol. The van der Waals surface area contributed by atoms with E-state index in [2.05, 4.69) is 9.97 Å². The molecule has 2 N–H and O–H groups in total. The second-order valence-electron chi connectivity index (χ2n) is 3.19. The summed E-state index contributed by atoms with van der Waals surface area (Å²) in [4.78, 5) is 25.9. The van der Waals surface area contributed by atoms with Gasteiger partial charge in [-0.25, -0.2) is 0 Å². The number of fused-ring (bicyclic) bond motifs is 1. The van der Waals surface area contributed by atoms with Crippen molar-refractivity contribution in [2.75, 3.05) is 0 Å². The van der Waals surface area contributed by atoms with Crippen LogP contribution in [0.25, 0.3) is 11.0 Å². The molecule has 10 heteroatoms. The van der Waals surface area contributed by atoms with E-state index in [1.807, 2.05) is 0 Å². The van der Waals surface area contributed by atoms with Gasteiger partial charge in [0.2, 0.25) is 11.3 Å². The van der Waals surface area contributed by atoms with E-state index in [1.54, 1.807) is 0 Å². The highest BCUT2D eigenvalue weighted by atomic mass is 16.6. The van der Waals surface area contributed by atoms with E-state index in [4.69, 9.17) is 0 Å². The Morgan fingerprint density at radius 1 is 1.00 bits per heavy atom. The number of aromatic nitrogens is 2. The molecule has 0 aliphatic rings. The first-order valence-corrected chi connectivity index (χ1v) is 4.43. The first kappa shape index (κ1) is 11.4. The van der Waals surface area contributed by atoms with Crippen molar-refractivity contribution in [3.8, 4) is 11.5 Å². The molecule has 0 spiro atoms. The third kappa shape index (κ3) is 1.61. The lowest BCUT2D eigenvalue weighted by atomic mass is 10.2. The standard InChI is InChI=1S/C8H4N4O6/c13-4-2-1-3-5(6(4)14)10-8(12(17)18)7(9-3)11(15)16/h1-2,13-14H. The quantitative estimate of drug-likeness (QED) is 0.453. The van der Waals surface area contributed by atoms with E-state index in [0.29, 0.717) is 0 Å². The van der Waals surface area contributed by atoms with Crippen molar-refractivity contribution in [2.24, 2.45) is 0 Å². The number of nitrogens with zero attached hydrogens (tertiary/aromatic N) is 4. The van der Waals surface area contributed by atoms with Gasteiger partial charge in [-0.15, -0.1) is 0 Å². The maximum absolute atomic E-state index is 10.6. The van der Waals surface area contributed by atoms with Crippen molar-refractivity contribution in [2.45, 2.75) is 0 Å². The molecule has 0 fully saturated rings. The fourth-order valence-corrected chi connectivity index (χ4v) is 1.32. The molecule has 1 heterocycles. The van der Waals surface area contributed by atoms with Crippen LogP contribution >= 0.6 is 0 Å². The zero-order valence-corrected chi connectivity index (χ0v) is 8.47. The number of nitro groups is 2. The summed E-state index contributed by atoms with van der Waals surface area (Å²) in [5, 5.41) is 39.9. The highest BCUT2D eigenvalue weighted by Crippen LogP contribution is 2.34. The van der Waals surface area contributed by atoms with Gasteiger partial charge in [-0.1, -0.05) is 0 Å². The molecule has 18 heavy (non-hydrogen) atoms. The molecule has 0 bridgehead atoms. The van der Waals surface area contributed by atoms with E-state index >= 15 is 0 Å². The summed E-state index contributed by atoms with van der Waals surface area (Å²) in [5.41, 5.74) is -0.519. The van der Waals surface area contributed by atoms with Gasteiger partial charge in [-0.3, -0.25) is 0 Å². The van der Waals surface area contributed by atoms with Crippen LogP contribution in [0.15, 0.2) is 12.1 Å². The number of phenols is 2. The minimum atomic E-state index is -1.10. The van der Waals surface area contributed by atoms with Crippen LogP contribution in [0.5, 0.6) is 11.5 Å². The van der Waals surface area contributed by atoms with Gasteiger partial charge in [0, 0.05) is 0 Å². The number of hydrogen-bond donors (Lipinski definition) is 2. The van der Waals surface area contributed by atoms with E-state index in [1.165, 1.54) is 0 Å². The Morgan fingerprint density at radius 2 is 1.56 bits per heavy atom. The van der Waals surface area contributed by atoms with Crippen LogP contribution in [-0.2, 0) is 0 Å². The first-order chi connectivity index (χ1) is 8.41. The number of phenolic OH excluding ortho intramolecular Hbond substituents is 2. The fourth-order valence-electron chi connectivity index (χ4n) is 1.32. The molecule has 0 saturated carbocycles. The van der Waals surface area contributed by atoms with Crippen molar-refractivity contribution in [1.29, 1.82) is 0 Å². The van der Waals surface area contributed by atoms with Gasteiger partial charge in [0.1, 0.15) is 0 Å². The van der Waals surface area contributed by atoms with Gasteiger partial charge in [-0.2, -0.15) is 0 Å². The average molecular weight is 252 g/mol.